The molecule has 154 valence electrons. The summed E-state index contributed by atoms with van der Waals surface area (Å²) in [5.41, 5.74) is 3.09. The molecule has 0 atom stereocenters. The molecule has 3 aromatic rings. The van der Waals surface area contributed by atoms with Gasteiger partial charge in [-0.05, 0) is 72.9 Å². The quantitative estimate of drug-likeness (QED) is 0.603. The maximum Gasteiger partial charge on any atom is 0.264 e. The Labute approximate surface area is 174 Å². The third-order valence-corrected chi connectivity index (χ3v) is 6.02. The van der Waals surface area contributed by atoms with E-state index in [-0.39, 0.29) is 23.4 Å². The van der Waals surface area contributed by atoms with Crippen LogP contribution in [0, 0.1) is 0 Å². The average molecular weight is 424 g/mol. The van der Waals surface area contributed by atoms with E-state index in [2.05, 4.69) is 20.0 Å². The van der Waals surface area contributed by atoms with E-state index < -0.39 is 10.0 Å². The van der Waals surface area contributed by atoms with Crippen LogP contribution in [0.1, 0.15) is 17.5 Å². The van der Waals surface area contributed by atoms with Crippen molar-refractivity contribution in [1.29, 1.82) is 0 Å². The molecule has 0 fully saturated rings. The number of sulfonamides is 1. The molecule has 0 bridgehead atoms. The van der Waals surface area contributed by atoms with Crippen LogP contribution < -0.4 is 14.8 Å². The molecule has 1 heterocycles. The minimum atomic E-state index is -3.82. The topological polar surface area (TPSA) is 110 Å². The first-order valence-corrected chi connectivity index (χ1v) is 10.9. The summed E-state index contributed by atoms with van der Waals surface area (Å²) >= 11 is 0. The number of aromatic nitrogens is 2. The molecule has 0 unspecified atom stereocenters. The first-order chi connectivity index (χ1) is 14.5. The van der Waals surface area contributed by atoms with E-state index >= 15 is 0 Å². The Bertz CT molecular complexity index is 1150. The summed E-state index contributed by atoms with van der Waals surface area (Å²) in [5.74, 6) is 0.321. The average Bonchev–Trinajstić information content (AvgIpc) is 3.21. The van der Waals surface area contributed by atoms with Crippen LogP contribution in [0.4, 0.5) is 11.6 Å². The van der Waals surface area contributed by atoms with Crippen molar-refractivity contribution in [3.05, 3.63) is 72.1 Å². The van der Waals surface area contributed by atoms with Crippen LogP contribution in [0.5, 0.6) is 5.75 Å². The molecule has 9 heteroatoms. The number of amides is 1. The molecule has 1 aliphatic carbocycles. The first kappa shape index (κ1) is 19.8. The summed E-state index contributed by atoms with van der Waals surface area (Å²) in [6, 6.07) is 13.3. The number of benzene rings is 2. The third-order valence-electron chi connectivity index (χ3n) is 4.68. The Morgan fingerprint density at radius 1 is 1.00 bits per heavy atom. The number of nitrogens with zero attached hydrogens (tertiary/aromatic N) is 2. The van der Waals surface area contributed by atoms with Crippen molar-refractivity contribution in [2.75, 3.05) is 16.6 Å². The Morgan fingerprint density at radius 3 is 2.50 bits per heavy atom. The Kier molecular flexibility index (Phi) is 5.62. The number of carbonyl (C=O) groups excluding carboxylic acids is 1. The van der Waals surface area contributed by atoms with E-state index in [0.717, 1.165) is 19.3 Å². The van der Waals surface area contributed by atoms with Crippen molar-refractivity contribution in [1.82, 2.24) is 9.97 Å². The van der Waals surface area contributed by atoms with Crippen LogP contribution >= 0.6 is 0 Å². The van der Waals surface area contributed by atoms with Crippen LogP contribution in [0.15, 0.2) is 65.8 Å². The molecule has 30 heavy (non-hydrogen) atoms. The number of hydrogen-bond donors (Lipinski definition) is 2. The molecule has 0 spiro atoms. The SMILES string of the molecule is O=C(COc1ccc2c(c1)CCC2)Nc1ccc(S(=O)(=O)Nc2ncccn2)cc1. The van der Waals surface area contributed by atoms with Gasteiger partial charge in [-0.2, -0.15) is 0 Å². The van der Waals surface area contributed by atoms with Gasteiger partial charge in [-0.3, -0.25) is 4.79 Å². The Morgan fingerprint density at radius 2 is 1.73 bits per heavy atom. The van der Waals surface area contributed by atoms with Gasteiger partial charge in [-0.1, -0.05) is 6.07 Å². The lowest BCUT2D eigenvalue weighted by Crippen LogP contribution is -2.20. The maximum atomic E-state index is 12.4. The molecule has 0 aliphatic heterocycles. The van der Waals surface area contributed by atoms with Gasteiger partial charge in [0.05, 0.1) is 4.90 Å². The molecule has 8 nitrogen and oxygen atoms in total. The molecular weight excluding hydrogens is 404 g/mol. The van der Waals surface area contributed by atoms with Crippen molar-refractivity contribution < 1.29 is 17.9 Å². The molecule has 2 N–H and O–H groups in total. The second kappa shape index (κ2) is 8.50. The van der Waals surface area contributed by atoms with Gasteiger partial charge in [0.15, 0.2) is 6.61 Å². The summed E-state index contributed by atoms with van der Waals surface area (Å²) in [4.78, 5) is 19.9. The lowest BCUT2D eigenvalue weighted by Gasteiger charge is -2.10. The number of ether oxygens (including phenoxy) is 1. The molecule has 2 aromatic carbocycles. The fraction of sp³-hybridized carbons (Fsp3) is 0.190. The zero-order chi connectivity index (χ0) is 21.0. The van der Waals surface area contributed by atoms with Gasteiger partial charge in [0.2, 0.25) is 5.95 Å². The highest BCUT2D eigenvalue weighted by Gasteiger charge is 2.16. The standard InChI is InChI=1S/C21H20N4O4S/c26-20(14-29-18-8-5-15-3-1-4-16(15)13-18)24-17-6-9-19(10-7-17)30(27,28)25-21-22-11-2-12-23-21/h2,5-13H,1,3-4,14H2,(H,24,26)(H,22,23,25). The monoisotopic (exact) mass is 424 g/mol. The number of hydrogen-bond acceptors (Lipinski definition) is 6. The number of aryl methyl sites for hydroxylation is 2. The molecule has 0 saturated carbocycles. The Hall–Kier alpha value is -3.46. The molecule has 4 rings (SSSR count). The van der Waals surface area contributed by atoms with Crippen LogP contribution in [0.2, 0.25) is 0 Å². The van der Waals surface area contributed by atoms with Crippen LogP contribution in [-0.4, -0.2) is 30.9 Å². The lowest BCUT2D eigenvalue weighted by atomic mass is 10.1. The lowest BCUT2D eigenvalue weighted by molar-refractivity contribution is -0.118. The predicted molar refractivity (Wildman–Crippen MR) is 112 cm³/mol. The van der Waals surface area contributed by atoms with E-state index in [0.29, 0.717) is 11.4 Å². The fourth-order valence-electron chi connectivity index (χ4n) is 3.23. The summed E-state index contributed by atoms with van der Waals surface area (Å²) in [7, 11) is -3.82. The van der Waals surface area contributed by atoms with Gasteiger partial charge in [0.1, 0.15) is 5.75 Å². The Balaban J connectivity index is 1.33. The second-order valence-corrected chi connectivity index (χ2v) is 8.51. The summed E-state index contributed by atoms with van der Waals surface area (Å²) in [6.07, 6.45) is 6.16. The van der Waals surface area contributed by atoms with E-state index in [1.165, 1.54) is 47.8 Å². The van der Waals surface area contributed by atoms with E-state index in [4.69, 9.17) is 4.74 Å². The maximum absolute atomic E-state index is 12.4. The molecule has 1 aliphatic rings. The van der Waals surface area contributed by atoms with Gasteiger partial charge in [0.25, 0.3) is 15.9 Å². The van der Waals surface area contributed by atoms with Gasteiger partial charge in [0, 0.05) is 18.1 Å². The van der Waals surface area contributed by atoms with Crippen molar-refractivity contribution in [3.63, 3.8) is 0 Å². The van der Waals surface area contributed by atoms with Crippen molar-refractivity contribution >= 4 is 27.6 Å². The molecule has 1 aromatic heterocycles. The highest BCUT2D eigenvalue weighted by molar-refractivity contribution is 7.92. The number of rotatable bonds is 7. The second-order valence-electron chi connectivity index (χ2n) is 6.82. The smallest absolute Gasteiger partial charge is 0.264 e. The number of anilines is 2. The minimum absolute atomic E-state index is 0.0152. The minimum Gasteiger partial charge on any atom is -0.484 e. The van der Waals surface area contributed by atoms with Gasteiger partial charge >= 0.3 is 0 Å². The van der Waals surface area contributed by atoms with E-state index in [1.54, 1.807) is 6.07 Å². The zero-order valence-electron chi connectivity index (χ0n) is 16.0. The summed E-state index contributed by atoms with van der Waals surface area (Å²) < 4.78 is 32.6. The summed E-state index contributed by atoms with van der Waals surface area (Å²) in [6.45, 7) is -0.133. The van der Waals surface area contributed by atoms with Crippen molar-refractivity contribution in [3.8, 4) is 5.75 Å². The normalized spacial score (nSPS) is 12.8. The van der Waals surface area contributed by atoms with Gasteiger partial charge in [-0.15, -0.1) is 0 Å². The van der Waals surface area contributed by atoms with E-state index in [1.807, 2.05) is 18.2 Å². The number of nitrogens with one attached hydrogen (secondary N) is 2. The van der Waals surface area contributed by atoms with Crippen molar-refractivity contribution in [2.45, 2.75) is 24.2 Å². The molecule has 1 amide bonds. The van der Waals surface area contributed by atoms with Crippen molar-refractivity contribution in [2.24, 2.45) is 0 Å². The fourth-order valence-corrected chi connectivity index (χ4v) is 4.19. The largest absolute Gasteiger partial charge is 0.484 e. The molecule has 0 saturated heterocycles. The molecular formula is C21H20N4O4S. The summed E-state index contributed by atoms with van der Waals surface area (Å²) in [5, 5.41) is 2.69. The first-order valence-electron chi connectivity index (χ1n) is 9.44. The van der Waals surface area contributed by atoms with Crippen LogP contribution in [0.3, 0.4) is 0 Å². The predicted octanol–water partition coefficient (Wildman–Crippen LogP) is 2.78. The third kappa shape index (κ3) is 4.74. The van der Waals surface area contributed by atoms with E-state index in [9.17, 15) is 13.2 Å². The van der Waals surface area contributed by atoms with Crippen LogP contribution in [0.25, 0.3) is 0 Å². The number of carbonyl (C=O) groups is 1. The molecule has 0 radical (unpaired) electrons. The zero-order valence-corrected chi connectivity index (χ0v) is 16.9. The van der Waals surface area contributed by atoms with Gasteiger partial charge in [-0.25, -0.2) is 23.1 Å². The van der Waals surface area contributed by atoms with Gasteiger partial charge < -0.3 is 10.1 Å². The van der Waals surface area contributed by atoms with Crippen LogP contribution in [-0.2, 0) is 27.7 Å². The highest BCUT2D eigenvalue weighted by Crippen LogP contribution is 2.26. The number of fused-ring (bicyclic) bond motifs is 1. The highest BCUT2D eigenvalue weighted by atomic mass is 32.2.